The zero-order valence-corrected chi connectivity index (χ0v) is 34.8. The van der Waals surface area contributed by atoms with E-state index in [1.807, 2.05) is 118 Å². The van der Waals surface area contributed by atoms with Gasteiger partial charge in [-0.15, -0.1) is 15.0 Å². The van der Waals surface area contributed by atoms with E-state index < -0.39 is 29.7 Å². The van der Waals surface area contributed by atoms with Gasteiger partial charge >= 0.3 is 11.9 Å². The maximum Gasteiger partial charge on any atom is 0.349 e. The van der Waals surface area contributed by atoms with Gasteiger partial charge in [0.05, 0.1) is 12.5 Å². The van der Waals surface area contributed by atoms with Crippen molar-refractivity contribution in [2.45, 2.75) is 53.5 Å². The van der Waals surface area contributed by atoms with Crippen molar-refractivity contribution in [1.82, 2.24) is 20.2 Å². The number of nitrogens with zero attached hydrogens (tertiary/aromatic N) is 6. The first kappa shape index (κ1) is 40.7. The zero-order chi connectivity index (χ0) is 41.8. The topological polar surface area (TPSA) is 109 Å². The molecule has 7 rings (SSSR count). The lowest BCUT2D eigenvalue weighted by Crippen LogP contribution is -2.39. The third-order valence-corrected chi connectivity index (χ3v) is 10.6. The highest BCUT2D eigenvalue weighted by molar-refractivity contribution is 6.25. The fraction of sp³-hybridized carbons (Fsp3) is 0.265. The summed E-state index contributed by atoms with van der Waals surface area (Å²) < 4.78 is 11.1. The van der Waals surface area contributed by atoms with Crippen molar-refractivity contribution in [2.24, 2.45) is 16.4 Å². The van der Waals surface area contributed by atoms with Gasteiger partial charge in [0.2, 0.25) is 12.6 Å². The smallest absolute Gasteiger partial charge is 0.349 e. The molecule has 1 unspecified atom stereocenters. The number of benzene rings is 5. The van der Waals surface area contributed by atoms with Crippen LogP contribution >= 0.6 is 0 Å². The molecule has 59 heavy (non-hydrogen) atoms. The number of tetrazole rings is 1. The maximum absolute atomic E-state index is 13.9. The van der Waals surface area contributed by atoms with Gasteiger partial charge in [-0.05, 0) is 72.4 Å². The van der Waals surface area contributed by atoms with Gasteiger partial charge in [0.25, 0.3) is 0 Å². The summed E-state index contributed by atoms with van der Waals surface area (Å²) in [6, 6.07) is 47.0. The van der Waals surface area contributed by atoms with Gasteiger partial charge in [-0.3, -0.25) is 4.79 Å². The largest absolute Gasteiger partial charge is 0.427 e. The van der Waals surface area contributed by atoms with E-state index in [-0.39, 0.29) is 10.5 Å². The molecule has 1 atom stereocenters. The molecule has 0 radical (unpaired) electrons. The van der Waals surface area contributed by atoms with Crippen molar-refractivity contribution in [2.75, 3.05) is 20.4 Å². The van der Waals surface area contributed by atoms with Gasteiger partial charge in [-0.25, -0.2) is 4.79 Å². The number of rotatable bonds is 13. The second-order valence-corrected chi connectivity index (χ2v) is 16.3. The van der Waals surface area contributed by atoms with E-state index in [9.17, 15) is 9.59 Å². The molecule has 0 spiro atoms. The predicted molar refractivity (Wildman–Crippen MR) is 230 cm³/mol. The maximum atomic E-state index is 13.9. The molecule has 10 heteroatoms. The Morgan fingerprint density at radius 1 is 0.695 bits per heavy atom. The number of quaternary nitrogens is 1. The third-order valence-electron chi connectivity index (χ3n) is 10.6. The molecule has 0 saturated heterocycles. The van der Waals surface area contributed by atoms with Crippen LogP contribution in [0.25, 0.3) is 28.2 Å². The first-order valence-electron chi connectivity index (χ1n) is 20.1. The third kappa shape index (κ3) is 7.88. The van der Waals surface area contributed by atoms with Crippen molar-refractivity contribution in [1.29, 1.82) is 0 Å². The van der Waals surface area contributed by atoms with E-state index in [1.165, 1.54) is 0 Å². The lowest BCUT2D eigenvalue weighted by Gasteiger charge is -2.34. The lowest BCUT2D eigenvalue weighted by atomic mass is 9.77. The summed E-state index contributed by atoms with van der Waals surface area (Å²) >= 11 is 0. The molecular formula is C49H51N6O4+. The Labute approximate surface area is 346 Å². The Hall–Kier alpha value is -6.52. The van der Waals surface area contributed by atoms with Crippen molar-refractivity contribution in [3.63, 3.8) is 0 Å². The quantitative estimate of drug-likeness (QED) is 0.0497. The molecule has 1 aromatic heterocycles. The molecule has 300 valence electrons. The van der Waals surface area contributed by atoms with Crippen LogP contribution in [0.2, 0.25) is 0 Å². The minimum atomic E-state index is -0.909. The van der Waals surface area contributed by atoms with E-state index in [1.54, 1.807) is 25.6 Å². The Balaban J connectivity index is 1.29. The van der Waals surface area contributed by atoms with Crippen molar-refractivity contribution in [3.05, 3.63) is 167 Å². The molecule has 1 aliphatic rings. The van der Waals surface area contributed by atoms with Gasteiger partial charge in [0.15, 0.2) is 16.8 Å². The van der Waals surface area contributed by atoms with Crippen LogP contribution in [0.5, 0.6) is 0 Å². The second-order valence-electron chi connectivity index (χ2n) is 16.3. The summed E-state index contributed by atoms with van der Waals surface area (Å²) in [4.78, 5) is 28.1. The Bertz CT molecular complexity index is 2390. The molecule has 0 N–H and O–H groups in total. The molecule has 0 amide bonds. The molecule has 5 aromatic carbocycles. The standard InChI is InChI=1S/C49H51N6O4/c1-8-32-55(7)44(42(43(52-55)34(2)3)46(56)58-33-59-47(57)48(4,5)6)36-30-28-35(29-31-36)40-26-18-19-27-41(40)45-50-53-54(51-45)49(37-20-12-9-13-21-37,38-22-14-10-15-23-38)39-24-16-11-17-25-39/h9-31,34H,8,32-33H2,1-7H3/q+1. The van der Waals surface area contributed by atoms with Crippen LogP contribution < -0.4 is 0 Å². The van der Waals surface area contributed by atoms with Crippen LogP contribution in [-0.2, 0) is 24.6 Å². The Kier molecular flexibility index (Phi) is 11.6. The molecule has 0 bridgehead atoms. The monoisotopic (exact) mass is 787 g/mol. The average Bonchev–Trinajstić information content (AvgIpc) is 3.86. The number of hydrogen-bond donors (Lipinski definition) is 0. The molecular weight excluding hydrogens is 737 g/mol. The fourth-order valence-electron chi connectivity index (χ4n) is 7.84. The zero-order valence-electron chi connectivity index (χ0n) is 34.8. The summed E-state index contributed by atoms with van der Waals surface area (Å²) in [7, 11) is 2.01. The van der Waals surface area contributed by atoms with Gasteiger partial charge in [0, 0.05) is 17.0 Å². The number of ether oxygens (including phenoxy) is 2. The van der Waals surface area contributed by atoms with Gasteiger partial charge in [-0.1, -0.05) is 153 Å². The minimum absolute atomic E-state index is 0.0574. The first-order valence-corrected chi connectivity index (χ1v) is 20.1. The summed E-state index contributed by atoms with van der Waals surface area (Å²) in [5.74, 6) is -0.604. The van der Waals surface area contributed by atoms with Crippen LogP contribution in [0, 0.1) is 11.3 Å². The van der Waals surface area contributed by atoms with Crippen molar-refractivity contribution >= 4 is 23.3 Å². The first-order chi connectivity index (χ1) is 28.4. The van der Waals surface area contributed by atoms with Crippen molar-refractivity contribution in [3.8, 4) is 22.5 Å². The van der Waals surface area contributed by atoms with E-state index in [0.717, 1.165) is 51.1 Å². The second kappa shape index (κ2) is 16.8. The Morgan fingerprint density at radius 2 is 1.20 bits per heavy atom. The molecule has 2 heterocycles. The van der Waals surface area contributed by atoms with Crippen LogP contribution in [0.4, 0.5) is 0 Å². The highest BCUT2D eigenvalue weighted by atomic mass is 16.7. The highest BCUT2D eigenvalue weighted by Crippen LogP contribution is 2.42. The number of carbonyl (C=O) groups excluding carboxylic acids is 2. The van der Waals surface area contributed by atoms with E-state index in [2.05, 4.69) is 49.4 Å². The predicted octanol–water partition coefficient (Wildman–Crippen LogP) is 9.53. The number of carbonyl (C=O) groups is 2. The summed E-state index contributed by atoms with van der Waals surface area (Å²) in [5, 5.41) is 19.8. The van der Waals surface area contributed by atoms with Gasteiger partial charge < -0.3 is 9.47 Å². The lowest BCUT2D eigenvalue weighted by molar-refractivity contribution is -0.844. The van der Waals surface area contributed by atoms with Crippen LogP contribution in [0.1, 0.15) is 70.2 Å². The normalized spacial score (nSPS) is 15.6. The molecule has 0 saturated carbocycles. The molecule has 10 nitrogen and oxygen atoms in total. The molecule has 6 aromatic rings. The molecule has 0 aliphatic carbocycles. The van der Waals surface area contributed by atoms with E-state index in [4.69, 9.17) is 30.0 Å². The van der Waals surface area contributed by atoms with Crippen LogP contribution in [0.15, 0.2) is 150 Å². The molecule has 0 fully saturated rings. The number of hydrogen-bond acceptors (Lipinski definition) is 8. The van der Waals surface area contributed by atoms with Gasteiger partial charge in [0.1, 0.15) is 12.3 Å². The van der Waals surface area contributed by atoms with Crippen LogP contribution in [0.3, 0.4) is 0 Å². The minimum Gasteiger partial charge on any atom is -0.427 e. The number of aromatic nitrogens is 4. The summed E-state index contributed by atoms with van der Waals surface area (Å²) in [6.07, 6.45) is 0.833. The summed E-state index contributed by atoms with van der Waals surface area (Å²) in [5.41, 5.74) is 6.68. The molecule has 1 aliphatic heterocycles. The van der Waals surface area contributed by atoms with Crippen molar-refractivity contribution < 1.29 is 23.7 Å². The van der Waals surface area contributed by atoms with Gasteiger partial charge in [-0.2, -0.15) is 4.59 Å². The van der Waals surface area contributed by atoms with E-state index >= 15 is 0 Å². The highest BCUT2D eigenvalue weighted by Gasteiger charge is 2.45. The average molecular weight is 788 g/mol. The van der Waals surface area contributed by atoms with E-state index in [0.29, 0.717) is 23.7 Å². The fourth-order valence-corrected chi connectivity index (χ4v) is 7.84. The SMILES string of the molecule is CCC[N+]1(C)N=C(C(C)C)C(C(=O)OCOC(=O)C(C)(C)C)=C1c1ccc(-c2ccccc2-c2nnn(C(c3ccccc3)(c3ccccc3)c3ccccc3)n2)cc1. The summed E-state index contributed by atoms with van der Waals surface area (Å²) in [6.45, 7) is 11.6. The van der Waals surface area contributed by atoms with Crippen LogP contribution in [-0.4, -0.2) is 62.8 Å². The number of esters is 2. The Morgan fingerprint density at radius 3 is 1.71 bits per heavy atom.